The Morgan fingerprint density at radius 3 is 2.28 bits per heavy atom. The van der Waals surface area contributed by atoms with E-state index in [1.165, 1.54) is 61.4 Å². The fraction of sp³-hybridized carbons (Fsp3) is 0.310. The molecule has 230 valence electrons. The fourth-order valence-corrected chi connectivity index (χ4v) is 6.30. The van der Waals surface area contributed by atoms with Crippen LogP contribution in [0.5, 0.6) is 5.75 Å². The Balaban J connectivity index is 2.14. The van der Waals surface area contributed by atoms with E-state index in [1.54, 1.807) is 26.0 Å². The number of carbonyl (C=O) groups excluding carboxylic acids is 2. The number of amides is 2. The van der Waals surface area contributed by atoms with Crippen molar-refractivity contribution in [1.82, 2.24) is 10.2 Å². The zero-order valence-electron chi connectivity index (χ0n) is 24.0. The molecular weight excluding hydrogens is 619 g/mol. The van der Waals surface area contributed by atoms with Crippen molar-refractivity contribution in [1.29, 1.82) is 0 Å². The topological polar surface area (TPSA) is 139 Å². The lowest BCUT2D eigenvalue weighted by atomic mass is 10.1. The minimum Gasteiger partial charge on any atom is -0.497 e. The summed E-state index contributed by atoms with van der Waals surface area (Å²) in [5.41, 5.74) is 0.487. The Bertz CT molecular complexity index is 1600. The van der Waals surface area contributed by atoms with Gasteiger partial charge in [0.05, 0.1) is 22.6 Å². The average Bonchev–Trinajstić information content (AvgIpc) is 2.96. The second-order valence-electron chi connectivity index (χ2n) is 9.49. The van der Waals surface area contributed by atoms with Gasteiger partial charge < -0.3 is 15.0 Å². The second kappa shape index (κ2) is 14.5. The number of anilines is 1. The maximum Gasteiger partial charge on any atom is 0.273 e. The number of hydrogen-bond donors (Lipinski definition) is 1. The van der Waals surface area contributed by atoms with Gasteiger partial charge in [-0.1, -0.05) is 42.3 Å². The normalized spacial score (nSPS) is 11.9. The van der Waals surface area contributed by atoms with Crippen LogP contribution in [0.15, 0.2) is 65.6 Å². The van der Waals surface area contributed by atoms with Gasteiger partial charge in [-0.2, -0.15) is 0 Å². The molecule has 2 amide bonds. The predicted molar refractivity (Wildman–Crippen MR) is 165 cm³/mol. The van der Waals surface area contributed by atoms with Gasteiger partial charge in [0.25, 0.3) is 15.7 Å². The third-order valence-electron chi connectivity index (χ3n) is 6.70. The lowest BCUT2D eigenvalue weighted by Gasteiger charge is -2.33. The summed E-state index contributed by atoms with van der Waals surface area (Å²) in [6.07, 6.45) is 0.224. The number of nitrogens with one attached hydrogen (secondary N) is 1. The molecule has 0 fully saturated rings. The summed E-state index contributed by atoms with van der Waals surface area (Å²) < 4.78 is 34.1. The van der Waals surface area contributed by atoms with Crippen LogP contribution >= 0.6 is 23.2 Å². The third kappa shape index (κ3) is 7.95. The van der Waals surface area contributed by atoms with Gasteiger partial charge in [0.2, 0.25) is 11.8 Å². The Kier molecular flexibility index (Phi) is 11.4. The number of benzene rings is 3. The molecule has 3 aromatic carbocycles. The van der Waals surface area contributed by atoms with Crippen LogP contribution in [0, 0.1) is 17.0 Å². The summed E-state index contributed by atoms with van der Waals surface area (Å²) >= 11 is 12.5. The van der Waals surface area contributed by atoms with Gasteiger partial charge in [-0.05, 0) is 68.3 Å². The standard InChI is InChI=1S/C29H32Cl2N4O7S/c1-5-26(29(37)32-6-2)33(17-20-8-9-21(30)15-25(20)31)28(36)18-34(22-10-12-23(42-4)13-11-22)43(40,41)24-14-7-19(3)27(16-24)35(38)39/h7-16,26H,5-6,17-18H2,1-4H3,(H,32,37)/t26-/m1/s1. The maximum atomic E-state index is 14.1. The molecule has 3 rings (SSSR count). The Hall–Kier alpha value is -3.87. The monoisotopic (exact) mass is 650 g/mol. The predicted octanol–water partition coefficient (Wildman–Crippen LogP) is 5.36. The number of hydrogen-bond acceptors (Lipinski definition) is 7. The molecule has 0 aliphatic heterocycles. The summed E-state index contributed by atoms with van der Waals surface area (Å²) in [5.74, 6) is -0.679. The molecule has 0 unspecified atom stereocenters. The zero-order valence-corrected chi connectivity index (χ0v) is 26.4. The van der Waals surface area contributed by atoms with Crippen LogP contribution in [0.4, 0.5) is 11.4 Å². The number of nitrogens with zero attached hydrogens (tertiary/aromatic N) is 3. The maximum absolute atomic E-state index is 14.1. The van der Waals surface area contributed by atoms with E-state index in [1.807, 2.05) is 0 Å². The quantitative estimate of drug-likeness (QED) is 0.194. The lowest BCUT2D eigenvalue weighted by molar-refractivity contribution is -0.385. The molecule has 0 saturated heterocycles. The van der Waals surface area contributed by atoms with Gasteiger partial charge in [0.15, 0.2) is 0 Å². The largest absolute Gasteiger partial charge is 0.497 e. The first-order valence-electron chi connectivity index (χ1n) is 13.3. The minimum absolute atomic E-state index is 0.105. The highest BCUT2D eigenvalue weighted by Crippen LogP contribution is 2.30. The van der Waals surface area contributed by atoms with Crippen LogP contribution < -0.4 is 14.4 Å². The molecule has 0 aromatic heterocycles. The first kappa shape index (κ1) is 33.6. The first-order valence-corrected chi connectivity index (χ1v) is 15.5. The second-order valence-corrected chi connectivity index (χ2v) is 12.2. The number of carbonyl (C=O) groups is 2. The van der Waals surface area contributed by atoms with Gasteiger partial charge in [-0.25, -0.2) is 8.42 Å². The van der Waals surface area contributed by atoms with Crippen LogP contribution in [-0.2, 0) is 26.2 Å². The van der Waals surface area contributed by atoms with Gasteiger partial charge in [0.1, 0.15) is 18.3 Å². The van der Waals surface area contributed by atoms with E-state index in [0.717, 1.165) is 10.4 Å². The molecule has 1 atom stereocenters. The van der Waals surface area contributed by atoms with Crippen LogP contribution in [0.3, 0.4) is 0 Å². The van der Waals surface area contributed by atoms with E-state index >= 15 is 0 Å². The lowest BCUT2D eigenvalue weighted by Crippen LogP contribution is -2.52. The summed E-state index contributed by atoms with van der Waals surface area (Å²) in [6.45, 7) is 4.44. The van der Waals surface area contributed by atoms with Crippen LogP contribution in [0.1, 0.15) is 31.4 Å². The summed E-state index contributed by atoms with van der Waals surface area (Å²) in [4.78, 5) is 39.0. The van der Waals surface area contributed by atoms with Crippen molar-refractivity contribution in [2.75, 3.05) is 24.5 Å². The van der Waals surface area contributed by atoms with Crippen molar-refractivity contribution >= 4 is 56.4 Å². The fourth-order valence-electron chi connectivity index (χ4n) is 4.40. The van der Waals surface area contributed by atoms with Gasteiger partial charge in [-0.3, -0.25) is 24.0 Å². The van der Waals surface area contributed by atoms with Crippen LogP contribution in [-0.4, -0.2) is 56.3 Å². The number of methoxy groups -OCH3 is 1. The number of sulfonamides is 1. The van der Waals surface area contributed by atoms with E-state index in [2.05, 4.69) is 5.32 Å². The van der Waals surface area contributed by atoms with Crippen molar-refractivity contribution in [3.05, 3.63) is 92.0 Å². The Morgan fingerprint density at radius 1 is 1.05 bits per heavy atom. The van der Waals surface area contributed by atoms with Gasteiger partial charge in [-0.15, -0.1) is 0 Å². The van der Waals surface area contributed by atoms with Crippen molar-refractivity contribution in [2.24, 2.45) is 0 Å². The summed E-state index contributed by atoms with van der Waals surface area (Å²) in [6, 6.07) is 13.2. The van der Waals surface area contributed by atoms with Crippen molar-refractivity contribution in [3.8, 4) is 5.75 Å². The van der Waals surface area contributed by atoms with Crippen molar-refractivity contribution in [3.63, 3.8) is 0 Å². The molecule has 0 spiro atoms. The number of halogens is 2. The molecule has 0 aliphatic rings. The molecule has 14 heteroatoms. The van der Waals surface area contributed by atoms with Crippen LogP contribution in [0.2, 0.25) is 10.0 Å². The average molecular weight is 652 g/mol. The number of ether oxygens (including phenoxy) is 1. The number of nitro benzene ring substituents is 1. The molecule has 0 bridgehead atoms. The number of nitro groups is 1. The number of aryl methyl sites for hydroxylation is 1. The molecule has 0 heterocycles. The molecule has 3 aromatic rings. The molecule has 11 nitrogen and oxygen atoms in total. The van der Waals surface area contributed by atoms with Crippen LogP contribution in [0.25, 0.3) is 0 Å². The highest BCUT2D eigenvalue weighted by Gasteiger charge is 2.34. The van der Waals surface area contributed by atoms with E-state index in [4.69, 9.17) is 27.9 Å². The third-order valence-corrected chi connectivity index (χ3v) is 9.05. The van der Waals surface area contributed by atoms with E-state index in [9.17, 15) is 28.1 Å². The molecular formula is C29H32Cl2N4O7S. The van der Waals surface area contributed by atoms with Gasteiger partial charge >= 0.3 is 0 Å². The first-order chi connectivity index (χ1) is 20.3. The summed E-state index contributed by atoms with van der Waals surface area (Å²) in [7, 11) is -3.08. The molecule has 0 radical (unpaired) electrons. The number of likely N-dealkylation sites (N-methyl/N-ethyl adjacent to an activating group) is 1. The highest BCUT2D eigenvalue weighted by atomic mass is 35.5. The molecule has 1 N–H and O–H groups in total. The van der Waals surface area contributed by atoms with E-state index < -0.39 is 39.3 Å². The minimum atomic E-state index is -4.53. The van der Waals surface area contributed by atoms with Crippen molar-refractivity contribution < 1.29 is 27.7 Å². The molecule has 0 saturated carbocycles. The van der Waals surface area contributed by atoms with E-state index in [0.29, 0.717) is 22.9 Å². The highest BCUT2D eigenvalue weighted by molar-refractivity contribution is 7.92. The van der Waals surface area contributed by atoms with Gasteiger partial charge in [0, 0.05) is 34.8 Å². The smallest absolute Gasteiger partial charge is 0.273 e. The molecule has 43 heavy (non-hydrogen) atoms. The molecule has 0 aliphatic carbocycles. The van der Waals surface area contributed by atoms with E-state index in [-0.39, 0.29) is 39.8 Å². The number of rotatable bonds is 13. The zero-order chi connectivity index (χ0) is 31.9. The SMILES string of the molecule is CCNC(=O)[C@@H](CC)N(Cc1ccc(Cl)cc1Cl)C(=O)CN(c1ccc(OC)cc1)S(=O)(=O)c1ccc(C)c([N+](=O)[O-])c1. The summed E-state index contributed by atoms with van der Waals surface area (Å²) in [5, 5.41) is 15.0. The Labute approximate surface area is 260 Å². The Morgan fingerprint density at radius 2 is 1.72 bits per heavy atom. The van der Waals surface area contributed by atoms with Crippen molar-refractivity contribution in [2.45, 2.75) is 44.7 Å².